The van der Waals surface area contributed by atoms with Gasteiger partial charge in [-0.2, -0.15) is 0 Å². The predicted molar refractivity (Wildman–Crippen MR) is 59.5 cm³/mol. The van der Waals surface area contributed by atoms with Crippen LogP contribution in [0.15, 0.2) is 0 Å². The van der Waals surface area contributed by atoms with E-state index >= 15 is 0 Å². The summed E-state index contributed by atoms with van der Waals surface area (Å²) in [7, 11) is 1.52. The summed E-state index contributed by atoms with van der Waals surface area (Å²) >= 11 is 0. The summed E-state index contributed by atoms with van der Waals surface area (Å²) in [5.74, 6) is 0. The third kappa shape index (κ3) is 69.0. The van der Waals surface area contributed by atoms with E-state index in [1.165, 1.54) is 0 Å². The molecule has 88 valence electrons. The summed E-state index contributed by atoms with van der Waals surface area (Å²) < 4.78 is 9.73. The summed E-state index contributed by atoms with van der Waals surface area (Å²) in [4.78, 5) is 21.6. The van der Waals surface area contributed by atoms with Gasteiger partial charge in [-0.3, -0.25) is 0 Å². The summed E-state index contributed by atoms with van der Waals surface area (Å²) in [5, 5.41) is 8.39. The molecule has 0 fully saturated rings. The summed E-state index contributed by atoms with van der Waals surface area (Å²) in [5.41, 5.74) is 0. The number of phosphoric acid groups is 1. The first-order chi connectivity index (χ1) is 5.06. The molecular formula is C5H20CaClNO5P+. The van der Waals surface area contributed by atoms with Gasteiger partial charge < -0.3 is 27.1 Å². The van der Waals surface area contributed by atoms with Gasteiger partial charge in [0.25, 0.3) is 0 Å². The molecule has 0 aromatic heterocycles. The second-order valence-electron chi connectivity index (χ2n) is 3.25. The summed E-state index contributed by atoms with van der Waals surface area (Å²) in [6.07, 6.45) is 0. The monoisotopic (exact) mass is 280 g/mol. The molecule has 6 nitrogen and oxygen atoms in total. The Hall–Kier alpha value is 1.58. The number of aliphatic hydroxyl groups is 1. The van der Waals surface area contributed by atoms with Crippen molar-refractivity contribution in [2.24, 2.45) is 0 Å². The average Bonchev–Trinajstić information content (AvgIpc) is 1.54. The molecule has 4 N–H and O–H groups in total. The zero-order chi connectivity index (χ0) is 10.4. The van der Waals surface area contributed by atoms with E-state index in [1.54, 1.807) is 0 Å². The fourth-order valence-corrected chi connectivity index (χ4v) is 0.300. The average molecular weight is 281 g/mol. The molecule has 0 radical (unpaired) electrons. The van der Waals surface area contributed by atoms with Crippen molar-refractivity contribution in [1.82, 2.24) is 0 Å². The van der Waals surface area contributed by atoms with Gasteiger partial charge in [0.2, 0.25) is 0 Å². The molecule has 0 aliphatic rings. The molecule has 0 spiro atoms. The Kier molecular flexibility index (Phi) is 19.5. The maximum Gasteiger partial charge on any atom is 2.00 e. The fourth-order valence-electron chi connectivity index (χ4n) is 0.300. The summed E-state index contributed by atoms with van der Waals surface area (Å²) in [6, 6.07) is 0. The number of rotatable bonds is 2. The van der Waals surface area contributed by atoms with Crippen LogP contribution in [0.4, 0.5) is 0 Å². The number of halogens is 1. The van der Waals surface area contributed by atoms with E-state index < -0.39 is 7.82 Å². The molecule has 0 aromatic rings. The van der Waals surface area contributed by atoms with Gasteiger partial charge in [0.1, 0.15) is 6.54 Å². The largest absolute Gasteiger partial charge is 2.00 e. The van der Waals surface area contributed by atoms with Crippen molar-refractivity contribution in [2.75, 3.05) is 34.3 Å². The van der Waals surface area contributed by atoms with Crippen LogP contribution in [0.3, 0.4) is 0 Å². The minimum Gasteiger partial charge on any atom is -1.00 e. The quantitative estimate of drug-likeness (QED) is 0.296. The Labute approximate surface area is 123 Å². The van der Waals surface area contributed by atoms with Gasteiger partial charge >= 0.3 is 45.6 Å². The van der Waals surface area contributed by atoms with E-state index in [9.17, 15) is 0 Å². The van der Waals surface area contributed by atoms with Gasteiger partial charge in [-0.25, -0.2) is 4.57 Å². The zero-order valence-electron chi connectivity index (χ0n) is 10.6. The molecule has 0 atom stereocenters. The van der Waals surface area contributed by atoms with E-state index in [-0.39, 0.29) is 59.6 Å². The molecule has 0 rings (SSSR count). The van der Waals surface area contributed by atoms with E-state index in [0.29, 0.717) is 0 Å². The number of aliphatic hydroxyl groups excluding tert-OH is 1. The van der Waals surface area contributed by atoms with E-state index in [1.807, 2.05) is 0 Å². The Morgan fingerprint density at radius 2 is 1.43 bits per heavy atom. The fraction of sp³-hybridized carbons (Fsp3) is 1.00. The maximum atomic E-state index is 8.88. The number of hydrogen-bond donors (Lipinski definition) is 4. The zero-order valence-corrected chi connectivity index (χ0v) is 12.5. The SMILES string of the molecule is C[N+](C)(C)CCO.Cl.O=P(O)(O)O.[Ca+2].[H-].[H-]. The molecule has 0 aromatic carbocycles. The van der Waals surface area contributed by atoms with Crippen molar-refractivity contribution in [3.63, 3.8) is 0 Å². The van der Waals surface area contributed by atoms with Gasteiger partial charge in [0.05, 0.1) is 27.7 Å². The normalized spacial score (nSPS) is 10.2. The van der Waals surface area contributed by atoms with E-state index in [0.717, 1.165) is 11.0 Å². The Balaban J connectivity index is -0.0000000258. The molecule has 0 amide bonds. The van der Waals surface area contributed by atoms with Gasteiger partial charge in [0.15, 0.2) is 0 Å². The van der Waals surface area contributed by atoms with Crippen LogP contribution in [0.5, 0.6) is 0 Å². The standard InChI is InChI=1S/C5H14NO.Ca.ClH.H3O4P.2H/c1-6(2,3)4-5-7;;;1-5(2,3)4;;/h7H,4-5H2,1-3H3;;1H;(H3,1,2,3,4);;/q+1;+2;;;2*-1. The number of hydrogen-bond acceptors (Lipinski definition) is 2. The first-order valence-electron chi connectivity index (χ1n) is 3.26. The van der Waals surface area contributed by atoms with Crippen LogP contribution < -0.4 is 0 Å². The first-order valence-corrected chi connectivity index (χ1v) is 4.82. The molecule has 0 saturated carbocycles. The van der Waals surface area contributed by atoms with Crippen molar-refractivity contribution in [1.29, 1.82) is 0 Å². The Bertz CT molecular complexity index is 159. The number of likely N-dealkylation sites (N-methyl/N-ethyl adjacent to an activating group) is 1. The topological polar surface area (TPSA) is 98.0 Å². The predicted octanol–water partition coefficient (Wildman–Crippen LogP) is -0.978. The minimum atomic E-state index is -4.64. The molecule has 0 aliphatic heterocycles. The minimum absolute atomic E-state index is 0. The van der Waals surface area contributed by atoms with Crippen molar-refractivity contribution < 1.29 is 31.7 Å². The van der Waals surface area contributed by atoms with Gasteiger partial charge in [-0.05, 0) is 0 Å². The second-order valence-corrected chi connectivity index (χ2v) is 4.28. The second kappa shape index (κ2) is 11.1. The molecular weight excluding hydrogens is 261 g/mol. The van der Waals surface area contributed by atoms with Crippen LogP contribution in [0.1, 0.15) is 2.85 Å². The smallest absolute Gasteiger partial charge is 1.00 e. The van der Waals surface area contributed by atoms with Crippen LogP contribution in [-0.4, -0.2) is 96.3 Å². The summed E-state index contributed by atoms with van der Waals surface area (Å²) in [6.45, 7) is 1.11. The molecule has 0 heterocycles. The van der Waals surface area contributed by atoms with Crippen molar-refractivity contribution in [3.05, 3.63) is 0 Å². The van der Waals surface area contributed by atoms with Crippen molar-refractivity contribution >= 4 is 58.0 Å². The van der Waals surface area contributed by atoms with Gasteiger partial charge in [-0.1, -0.05) is 0 Å². The molecule has 0 saturated heterocycles. The van der Waals surface area contributed by atoms with E-state index in [4.69, 9.17) is 24.4 Å². The molecule has 0 bridgehead atoms. The third-order valence-corrected chi connectivity index (χ3v) is 0.771. The molecule has 14 heavy (non-hydrogen) atoms. The van der Waals surface area contributed by atoms with Crippen LogP contribution in [0.2, 0.25) is 0 Å². The van der Waals surface area contributed by atoms with Crippen LogP contribution in [0, 0.1) is 0 Å². The Morgan fingerprint density at radius 3 is 1.43 bits per heavy atom. The van der Waals surface area contributed by atoms with Gasteiger partial charge in [-0.15, -0.1) is 12.4 Å². The van der Waals surface area contributed by atoms with Crippen LogP contribution >= 0.6 is 20.2 Å². The maximum absolute atomic E-state index is 8.88. The van der Waals surface area contributed by atoms with Crippen LogP contribution in [0.25, 0.3) is 0 Å². The van der Waals surface area contributed by atoms with Gasteiger partial charge in [0, 0.05) is 0 Å². The Morgan fingerprint density at radius 1 is 1.21 bits per heavy atom. The van der Waals surface area contributed by atoms with E-state index in [2.05, 4.69) is 21.1 Å². The molecule has 0 aliphatic carbocycles. The number of quaternary nitrogens is 1. The first kappa shape index (κ1) is 24.7. The molecule has 0 unspecified atom stereocenters. The van der Waals surface area contributed by atoms with Crippen molar-refractivity contribution in [3.8, 4) is 0 Å². The third-order valence-electron chi connectivity index (χ3n) is 0.771. The van der Waals surface area contributed by atoms with Crippen LogP contribution in [-0.2, 0) is 4.57 Å². The molecule has 9 heteroatoms. The number of nitrogens with zero attached hydrogens (tertiary/aromatic N) is 1. The van der Waals surface area contributed by atoms with Crippen molar-refractivity contribution in [2.45, 2.75) is 0 Å².